The van der Waals surface area contributed by atoms with Crippen LogP contribution >= 0.6 is 0 Å². The highest BCUT2D eigenvalue weighted by Crippen LogP contribution is 2.35. The summed E-state index contributed by atoms with van der Waals surface area (Å²) in [6.45, 7) is 4.82. The fraction of sp³-hybridized carbons (Fsp3) is 0.650. The number of nitrogens with zero attached hydrogens (tertiary/aromatic N) is 2. The Balaban J connectivity index is 1.47. The van der Waals surface area contributed by atoms with Crippen molar-refractivity contribution in [2.45, 2.75) is 44.2 Å². The number of carbonyl (C=O) groups is 1. The van der Waals surface area contributed by atoms with Crippen molar-refractivity contribution in [3.63, 3.8) is 0 Å². The number of amides is 1. The number of hydrogen-bond acceptors (Lipinski definition) is 3. The summed E-state index contributed by atoms with van der Waals surface area (Å²) in [4.78, 5) is 17.9. The Morgan fingerprint density at radius 2 is 1.88 bits per heavy atom. The van der Waals surface area contributed by atoms with E-state index in [2.05, 4.69) is 21.9 Å². The predicted octanol–water partition coefficient (Wildman–Crippen LogP) is 2.85. The van der Waals surface area contributed by atoms with Crippen LogP contribution in [0.5, 0.6) is 0 Å². The monoisotopic (exact) mass is 328 g/mol. The van der Waals surface area contributed by atoms with E-state index < -0.39 is 0 Å². The molecule has 0 aliphatic carbocycles. The Morgan fingerprint density at radius 3 is 2.75 bits per heavy atom. The third-order valence-corrected chi connectivity index (χ3v) is 5.92. The van der Waals surface area contributed by atoms with Crippen LogP contribution in [0.3, 0.4) is 0 Å². The van der Waals surface area contributed by atoms with Crippen molar-refractivity contribution >= 4 is 5.91 Å². The maximum absolute atomic E-state index is 13.2. The van der Waals surface area contributed by atoms with Crippen LogP contribution in [-0.2, 0) is 9.53 Å². The van der Waals surface area contributed by atoms with Gasteiger partial charge in [0, 0.05) is 32.3 Å². The van der Waals surface area contributed by atoms with Crippen molar-refractivity contribution in [1.29, 1.82) is 0 Å². The number of ether oxygens (including phenoxy) is 1. The fourth-order valence-corrected chi connectivity index (χ4v) is 4.60. The zero-order valence-corrected chi connectivity index (χ0v) is 14.4. The van der Waals surface area contributed by atoms with Crippen LogP contribution < -0.4 is 0 Å². The van der Waals surface area contributed by atoms with Crippen LogP contribution in [0.15, 0.2) is 30.3 Å². The highest BCUT2D eigenvalue weighted by molar-refractivity contribution is 5.80. The van der Waals surface area contributed by atoms with Gasteiger partial charge in [-0.15, -0.1) is 0 Å². The number of hydrogen-bond donors (Lipinski definition) is 0. The quantitative estimate of drug-likeness (QED) is 0.837. The van der Waals surface area contributed by atoms with Crippen LogP contribution in [0.4, 0.5) is 0 Å². The maximum atomic E-state index is 13.2. The zero-order chi connectivity index (χ0) is 16.4. The number of piperidine rings is 1. The molecule has 0 saturated carbocycles. The number of carbonyl (C=O) groups excluding carboxylic acids is 1. The van der Waals surface area contributed by atoms with Gasteiger partial charge in [-0.25, -0.2) is 0 Å². The topological polar surface area (TPSA) is 32.8 Å². The Labute approximate surface area is 144 Å². The molecule has 4 nitrogen and oxygen atoms in total. The first-order valence-corrected chi connectivity index (χ1v) is 9.52. The minimum Gasteiger partial charge on any atom is -0.373 e. The SMILES string of the molecule is O=C([C@@H]1CCCO[C@@H]1c1ccccc1)N1CCN2CCCC[C@@H]2C1. The molecular formula is C20H28N2O2. The minimum absolute atomic E-state index is 0.0173. The van der Waals surface area contributed by atoms with Gasteiger partial charge in [-0.2, -0.15) is 0 Å². The van der Waals surface area contributed by atoms with Crippen LogP contribution in [0.1, 0.15) is 43.8 Å². The number of fused-ring (bicyclic) bond motifs is 1. The molecule has 0 N–H and O–H groups in total. The third kappa shape index (κ3) is 3.22. The van der Waals surface area contributed by atoms with Crippen molar-refractivity contribution in [1.82, 2.24) is 9.80 Å². The highest BCUT2D eigenvalue weighted by Gasteiger charge is 2.38. The van der Waals surface area contributed by atoms with E-state index in [1.165, 1.54) is 25.8 Å². The Morgan fingerprint density at radius 1 is 1.00 bits per heavy atom. The molecule has 0 unspecified atom stereocenters. The van der Waals surface area contributed by atoms with E-state index in [-0.39, 0.29) is 12.0 Å². The molecule has 0 spiro atoms. The lowest BCUT2D eigenvalue weighted by atomic mass is 9.87. The molecule has 4 rings (SSSR count). The predicted molar refractivity (Wildman–Crippen MR) is 93.7 cm³/mol. The Hall–Kier alpha value is -1.39. The third-order valence-electron chi connectivity index (χ3n) is 5.92. The average Bonchev–Trinajstić information content (AvgIpc) is 2.68. The molecule has 3 aliphatic heterocycles. The molecule has 24 heavy (non-hydrogen) atoms. The van der Waals surface area contributed by atoms with E-state index in [1.807, 2.05) is 18.2 Å². The highest BCUT2D eigenvalue weighted by atomic mass is 16.5. The lowest BCUT2D eigenvalue weighted by Crippen LogP contribution is -2.57. The summed E-state index contributed by atoms with van der Waals surface area (Å²) in [6, 6.07) is 10.9. The molecule has 0 aromatic heterocycles. The van der Waals surface area contributed by atoms with Crippen LogP contribution in [0.25, 0.3) is 0 Å². The standard InChI is InChI=1S/C20H28N2O2/c23-20(22-13-12-21-11-5-4-9-17(21)15-22)18-10-6-14-24-19(18)16-7-2-1-3-8-16/h1-3,7-8,17-19H,4-6,9-15H2/t17-,18-,19-/m1/s1. The molecule has 3 aliphatic rings. The normalized spacial score (nSPS) is 31.5. The number of piperazine rings is 1. The van der Waals surface area contributed by atoms with E-state index in [0.717, 1.165) is 44.6 Å². The van der Waals surface area contributed by atoms with Crippen LogP contribution in [-0.4, -0.2) is 54.5 Å². The maximum Gasteiger partial charge on any atom is 0.228 e. The molecule has 1 aromatic carbocycles. The van der Waals surface area contributed by atoms with Crippen molar-refractivity contribution < 1.29 is 9.53 Å². The van der Waals surface area contributed by atoms with Crippen molar-refractivity contribution in [2.24, 2.45) is 5.92 Å². The summed E-state index contributed by atoms with van der Waals surface area (Å²) in [6.07, 6.45) is 5.73. The first kappa shape index (κ1) is 16.1. The molecular weight excluding hydrogens is 300 g/mol. The second kappa shape index (κ2) is 7.24. The van der Waals surface area contributed by atoms with Crippen molar-refractivity contribution in [2.75, 3.05) is 32.8 Å². The van der Waals surface area contributed by atoms with E-state index in [1.54, 1.807) is 0 Å². The Kier molecular flexibility index (Phi) is 4.86. The van der Waals surface area contributed by atoms with Gasteiger partial charge in [0.25, 0.3) is 0 Å². The smallest absolute Gasteiger partial charge is 0.228 e. The molecule has 3 heterocycles. The second-order valence-electron chi connectivity index (χ2n) is 7.42. The van der Waals surface area contributed by atoms with Gasteiger partial charge in [-0.3, -0.25) is 9.69 Å². The molecule has 0 radical (unpaired) electrons. The lowest BCUT2D eigenvalue weighted by Gasteiger charge is -2.45. The molecule has 1 amide bonds. The summed E-state index contributed by atoms with van der Waals surface area (Å²) >= 11 is 0. The first-order valence-electron chi connectivity index (χ1n) is 9.52. The van der Waals surface area contributed by atoms with Gasteiger partial charge < -0.3 is 9.64 Å². The molecule has 0 bridgehead atoms. The summed E-state index contributed by atoms with van der Waals surface area (Å²) in [5.41, 5.74) is 1.15. The molecule has 4 heteroatoms. The van der Waals surface area contributed by atoms with Crippen LogP contribution in [0, 0.1) is 5.92 Å². The van der Waals surface area contributed by atoms with E-state index >= 15 is 0 Å². The summed E-state index contributed by atoms with van der Waals surface area (Å²) in [5.74, 6) is 0.296. The van der Waals surface area contributed by atoms with Gasteiger partial charge in [0.1, 0.15) is 0 Å². The Bertz CT molecular complexity index is 562. The van der Waals surface area contributed by atoms with Crippen molar-refractivity contribution in [3.05, 3.63) is 35.9 Å². The summed E-state index contributed by atoms with van der Waals surface area (Å²) in [5, 5.41) is 0. The summed E-state index contributed by atoms with van der Waals surface area (Å²) < 4.78 is 6.04. The van der Waals surface area contributed by atoms with Gasteiger partial charge in [-0.1, -0.05) is 36.8 Å². The average molecular weight is 328 g/mol. The van der Waals surface area contributed by atoms with E-state index in [0.29, 0.717) is 11.9 Å². The van der Waals surface area contributed by atoms with Gasteiger partial charge >= 0.3 is 0 Å². The van der Waals surface area contributed by atoms with Crippen LogP contribution in [0.2, 0.25) is 0 Å². The van der Waals surface area contributed by atoms with Gasteiger partial charge in [-0.05, 0) is 37.8 Å². The van der Waals surface area contributed by atoms with E-state index in [4.69, 9.17) is 4.74 Å². The molecule has 130 valence electrons. The van der Waals surface area contributed by atoms with E-state index in [9.17, 15) is 4.79 Å². The largest absolute Gasteiger partial charge is 0.373 e. The van der Waals surface area contributed by atoms with Gasteiger partial charge in [0.05, 0.1) is 12.0 Å². The molecule has 1 aromatic rings. The lowest BCUT2D eigenvalue weighted by molar-refractivity contribution is -0.149. The van der Waals surface area contributed by atoms with Gasteiger partial charge in [0.2, 0.25) is 5.91 Å². The number of rotatable bonds is 2. The second-order valence-corrected chi connectivity index (χ2v) is 7.42. The minimum atomic E-state index is -0.0724. The first-order chi connectivity index (χ1) is 11.8. The fourth-order valence-electron chi connectivity index (χ4n) is 4.60. The molecule has 3 atom stereocenters. The molecule has 3 saturated heterocycles. The van der Waals surface area contributed by atoms with Crippen molar-refractivity contribution in [3.8, 4) is 0 Å². The summed E-state index contributed by atoms with van der Waals surface area (Å²) in [7, 11) is 0. The number of benzene rings is 1. The zero-order valence-electron chi connectivity index (χ0n) is 14.4. The van der Waals surface area contributed by atoms with Gasteiger partial charge in [0.15, 0.2) is 0 Å². The molecule has 3 fully saturated rings.